The summed E-state index contributed by atoms with van der Waals surface area (Å²) in [6.45, 7) is 0. The summed E-state index contributed by atoms with van der Waals surface area (Å²) < 4.78 is 0. The number of halogens is 1. The minimum absolute atomic E-state index is 0.0854. The Morgan fingerprint density at radius 3 is 2.67 bits per heavy atom. The van der Waals surface area contributed by atoms with Crippen LogP contribution in [0.3, 0.4) is 0 Å². The van der Waals surface area contributed by atoms with Crippen molar-refractivity contribution in [3.63, 3.8) is 0 Å². The van der Waals surface area contributed by atoms with Gasteiger partial charge in [-0.05, 0) is 29.8 Å². The smallest absolute Gasteiger partial charge is 0.169 e. The van der Waals surface area contributed by atoms with Gasteiger partial charge in [-0.15, -0.1) is 0 Å². The van der Waals surface area contributed by atoms with Crippen LogP contribution in [-0.4, -0.2) is 12.8 Å². The van der Waals surface area contributed by atoms with Crippen LogP contribution in [0.5, 0.6) is 0 Å². The lowest BCUT2D eigenvalue weighted by molar-refractivity contribution is 0.0994. The summed E-state index contributed by atoms with van der Waals surface area (Å²) in [6.07, 6.45) is 0.360. The standard InChI is InChI=1S/C15H14ClNO/c1-17-14-8-3-2-7-13(14)15(18)10-11-5-4-6-12(16)9-11/h2-9,17H,10H2,1H3. The molecule has 0 aliphatic heterocycles. The molecular weight excluding hydrogens is 246 g/mol. The van der Waals surface area contributed by atoms with Crippen molar-refractivity contribution in [2.24, 2.45) is 0 Å². The lowest BCUT2D eigenvalue weighted by Crippen LogP contribution is -2.06. The molecule has 0 amide bonds. The number of rotatable bonds is 4. The van der Waals surface area contributed by atoms with Crippen LogP contribution in [0.4, 0.5) is 5.69 Å². The van der Waals surface area contributed by atoms with Crippen molar-refractivity contribution in [1.29, 1.82) is 0 Å². The van der Waals surface area contributed by atoms with Crippen molar-refractivity contribution >= 4 is 23.1 Å². The molecule has 0 aliphatic rings. The second kappa shape index (κ2) is 5.69. The topological polar surface area (TPSA) is 29.1 Å². The van der Waals surface area contributed by atoms with E-state index in [0.29, 0.717) is 17.0 Å². The molecule has 0 saturated heterocycles. The lowest BCUT2D eigenvalue weighted by atomic mass is 10.0. The Morgan fingerprint density at radius 2 is 1.94 bits per heavy atom. The Kier molecular flexibility index (Phi) is 4.00. The molecule has 1 N–H and O–H groups in total. The molecule has 3 heteroatoms. The summed E-state index contributed by atoms with van der Waals surface area (Å²) in [5.74, 6) is 0.0854. The summed E-state index contributed by atoms with van der Waals surface area (Å²) in [7, 11) is 1.81. The van der Waals surface area contributed by atoms with E-state index in [9.17, 15) is 4.79 Å². The van der Waals surface area contributed by atoms with Gasteiger partial charge in [0.2, 0.25) is 0 Å². The van der Waals surface area contributed by atoms with Gasteiger partial charge >= 0.3 is 0 Å². The highest BCUT2D eigenvalue weighted by atomic mass is 35.5. The van der Waals surface area contributed by atoms with Gasteiger partial charge in [-0.3, -0.25) is 4.79 Å². The van der Waals surface area contributed by atoms with Crippen LogP contribution in [0.1, 0.15) is 15.9 Å². The third-order valence-electron chi connectivity index (χ3n) is 2.75. The van der Waals surface area contributed by atoms with Gasteiger partial charge in [0, 0.05) is 29.7 Å². The first kappa shape index (κ1) is 12.7. The maximum absolute atomic E-state index is 12.2. The Hall–Kier alpha value is -1.80. The van der Waals surface area contributed by atoms with E-state index >= 15 is 0 Å². The molecule has 0 heterocycles. The SMILES string of the molecule is CNc1ccccc1C(=O)Cc1cccc(Cl)c1. The van der Waals surface area contributed by atoms with E-state index in [1.807, 2.05) is 49.5 Å². The zero-order valence-corrected chi connectivity index (χ0v) is 10.9. The van der Waals surface area contributed by atoms with Crippen LogP contribution < -0.4 is 5.32 Å². The fourth-order valence-electron chi connectivity index (χ4n) is 1.87. The number of hydrogen-bond donors (Lipinski definition) is 1. The Labute approximate surface area is 112 Å². The van der Waals surface area contributed by atoms with Crippen LogP contribution in [0.25, 0.3) is 0 Å². The van der Waals surface area contributed by atoms with E-state index in [1.54, 1.807) is 6.07 Å². The average molecular weight is 260 g/mol. The van der Waals surface area contributed by atoms with E-state index in [-0.39, 0.29) is 5.78 Å². The van der Waals surface area contributed by atoms with E-state index in [2.05, 4.69) is 5.32 Å². The minimum Gasteiger partial charge on any atom is -0.388 e. The third kappa shape index (κ3) is 2.90. The number of carbonyl (C=O) groups is 1. The molecule has 2 nitrogen and oxygen atoms in total. The van der Waals surface area contributed by atoms with Gasteiger partial charge in [0.1, 0.15) is 0 Å². The largest absolute Gasteiger partial charge is 0.388 e. The molecule has 0 saturated carbocycles. The van der Waals surface area contributed by atoms with Crippen LogP contribution >= 0.6 is 11.6 Å². The highest BCUT2D eigenvalue weighted by Crippen LogP contribution is 2.18. The number of anilines is 1. The fraction of sp³-hybridized carbons (Fsp3) is 0.133. The summed E-state index contributed by atoms with van der Waals surface area (Å²) >= 11 is 5.91. The molecule has 2 aromatic rings. The van der Waals surface area contributed by atoms with Gasteiger partial charge in [0.05, 0.1) is 0 Å². The summed E-state index contributed by atoms with van der Waals surface area (Å²) in [5.41, 5.74) is 2.49. The Morgan fingerprint density at radius 1 is 1.17 bits per heavy atom. The van der Waals surface area contributed by atoms with Crippen LogP contribution in [0.2, 0.25) is 5.02 Å². The van der Waals surface area contributed by atoms with E-state index in [4.69, 9.17) is 11.6 Å². The van der Waals surface area contributed by atoms with Crippen molar-refractivity contribution in [3.8, 4) is 0 Å². The van der Waals surface area contributed by atoms with Crippen molar-refractivity contribution in [1.82, 2.24) is 0 Å². The molecule has 0 aromatic heterocycles. The zero-order valence-electron chi connectivity index (χ0n) is 10.1. The predicted molar refractivity (Wildman–Crippen MR) is 75.5 cm³/mol. The van der Waals surface area contributed by atoms with Gasteiger partial charge in [-0.1, -0.05) is 35.9 Å². The number of nitrogens with one attached hydrogen (secondary N) is 1. The molecule has 2 rings (SSSR count). The molecule has 92 valence electrons. The average Bonchev–Trinajstić information content (AvgIpc) is 2.38. The molecule has 0 aliphatic carbocycles. The molecule has 0 fully saturated rings. The third-order valence-corrected chi connectivity index (χ3v) is 2.99. The van der Waals surface area contributed by atoms with Gasteiger partial charge in [0.25, 0.3) is 0 Å². The predicted octanol–water partition coefficient (Wildman–Crippen LogP) is 3.81. The maximum Gasteiger partial charge on any atom is 0.169 e. The first-order valence-corrected chi connectivity index (χ1v) is 6.13. The van der Waals surface area contributed by atoms with Crippen molar-refractivity contribution in [2.75, 3.05) is 12.4 Å². The Bertz CT molecular complexity index is 566. The molecular formula is C15H14ClNO. The lowest BCUT2D eigenvalue weighted by Gasteiger charge is -2.08. The molecule has 0 radical (unpaired) electrons. The van der Waals surface area contributed by atoms with E-state index in [0.717, 1.165) is 11.3 Å². The molecule has 0 atom stereocenters. The molecule has 0 unspecified atom stereocenters. The number of benzene rings is 2. The second-order valence-corrected chi connectivity index (χ2v) is 4.46. The van der Waals surface area contributed by atoms with Crippen molar-refractivity contribution < 1.29 is 4.79 Å². The molecule has 0 spiro atoms. The van der Waals surface area contributed by atoms with Crippen LogP contribution in [0.15, 0.2) is 48.5 Å². The minimum atomic E-state index is 0.0854. The fourth-order valence-corrected chi connectivity index (χ4v) is 2.08. The van der Waals surface area contributed by atoms with Crippen LogP contribution in [0, 0.1) is 0 Å². The summed E-state index contributed by atoms with van der Waals surface area (Å²) in [5, 5.41) is 3.68. The quantitative estimate of drug-likeness (QED) is 0.846. The highest BCUT2D eigenvalue weighted by molar-refractivity contribution is 6.30. The van der Waals surface area contributed by atoms with Gasteiger partial charge in [-0.25, -0.2) is 0 Å². The van der Waals surface area contributed by atoms with Gasteiger partial charge in [-0.2, -0.15) is 0 Å². The second-order valence-electron chi connectivity index (χ2n) is 4.03. The highest BCUT2D eigenvalue weighted by Gasteiger charge is 2.10. The summed E-state index contributed by atoms with van der Waals surface area (Å²) in [6, 6.07) is 14.9. The van der Waals surface area contributed by atoms with Crippen LogP contribution in [-0.2, 0) is 6.42 Å². The molecule has 0 bridgehead atoms. The van der Waals surface area contributed by atoms with Crippen molar-refractivity contribution in [3.05, 3.63) is 64.7 Å². The zero-order chi connectivity index (χ0) is 13.0. The van der Waals surface area contributed by atoms with Crippen molar-refractivity contribution in [2.45, 2.75) is 6.42 Å². The van der Waals surface area contributed by atoms with Gasteiger partial charge in [0.15, 0.2) is 5.78 Å². The number of Topliss-reactive ketones (excluding diaryl/α,β-unsaturated/α-hetero) is 1. The normalized spacial score (nSPS) is 10.1. The van der Waals surface area contributed by atoms with Gasteiger partial charge < -0.3 is 5.32 Å². The Balaban J connectivity index is 2.22. The number of para-hydroxylation sites is 1. The monoisotopic (exact) mass is 259 g/mol. The van der Waals surface area contributed by atoms with E-state index in [1.165, 1.54) is 0 Å². The first-order valence-electron chi connectivity index (χ1n) is 5.75. The first-order chi connectivity index (χ1) is 8.70. The number of hydrogen-bond acceptors (Lipinski definition) is 2. The maximum atomic E-state index is 12.2. The molecule has 2 aromatic carbocycles. The number of carbonyl (C=O) groups excluding carboxylic acids is 1. The summed E-state index contributed by atoms with van der Waals surface area (Å²) in [4.78, 5) is 12.2. The van der Waals surface area contributed by atoms with E-state index < -0.39 is 0 Å². The number of ketones is 1. The molecule has 18 heavy (non-hydrogen) atoms.